The largest absolute Gasteiger partial charge is 0.387 e. The van der Waals surface area contributed by atoms with Gasteiger partial charge in [0.25, 0.3) is 0 Å². The summed E-state index contributed by atoms with van der Waals surface area (Å²) in [6.45, 7) is 2.78. The van der Waals surface area contributed by atoms with Crippen LogP contribution in [-0.2, 0) is 13.5 Å². The average Bonchev–Trinajstić information content (AvgIpc) is 2.97. The summed E-state index contributed by atoms with van der Waals surface area (Å²) in [5.41, 5.74) is 0.925. The van der Waals surface area contributed by atoms with Crippen molar-refractivity contribution in [1.82, 2.24) is 14.7 Å². The summed E-state index contributed by atoms with van der Waals surface area (Å²) in [6, 6.07) is 2.06. The first-order valence-electron chi connectivity index (χ1n) is 6.09. The number of hydrogen-bond acceptors (Lipinski definition) is 3. The highest BCUT2D eigenvalue weighted by Crippen LogP contribution is 2.44. The Hall–Kier alpha value is -0.870. The molecule has 4 heteroatoms. The van der Waals surface area contributed by atoms with Gasteiger partial charge in [0.15, 0.2) is 0 Å². The number of aliphatic hydroxyl groups is 1. The quantitative estimate of drug-likeness (QED) is 0.801. The van der Waals surface area contributed by atoms with E-state index in [0.717, 1.165) is 26.1 Å². The number of hydrogen-bond donors (Lipinski definition) is 1. The Morgan fingerprint density at radius 2 is 2.25 bits per heavy atom. The first-order chi connectivity index (χ1) is 7.67. The summed E-state index contributed by atoms with van der Waals surface area (Å²) < 4.78 is 1.92. The first-order valence-corrected chi connectivity index (χ1v) is 6.09. The lowest BCUT2D eigenvalue weighted by molar-refractivity contribution is -0.112. The van der Waals surface area contributed by atoms with Crippen LogP contribution >= 0.6 is 0 Å². The highest BCUT2D eigenvalue weighted by atomic mass is 16.3. The molecule has 0 atom stereocenters. The zero-order valence-electron chi connectivity index (χ0n) is 9.76. The van der Waals surface area contributed by atoms with Gasteiger partial charge in [-0.1, -0.05) is 0 Å². The predicted molar refractivity (Wildman–Crippen MR) is 61.0 cm³/mol. The Morgan fingerprint density at radius 3 is 2.81 bits per heavy atom. The molecule has 0 bridgehead atoms. The Bertz CT molecular complexity index is 377. The molecule has 0 unspecified atom stereocenters. The molecule has 16 heavy (non-hydrogen) atoms. The molecule has 0 amide bonds. The van der Waals surface area contributed by atoms with Gasteiger partial charge in [-0.15, -0.1) is 0 Å². The van der Waals surface area contributed by atoms with E-state index in [0.29, 0.717) is 5.92 Å². The van der Waals surface area contributed by atoms with Crippen molar-refractivity contribution >= 4 is 0 Å². The van der Waals surface area contributed by atoms with Crippen molar-refractivity contribution in [2.75, 3.05) is 19.6 Å². The Balaban J connectivity index is 1.46. The normalized spacial score (nSPS) is 24.4. The summed E-state index contributed by atoms with van der Waals surface area (Å²) in [4.78, 5) is 2.34. The van der Waals surface area contributed by atoms with Crippen molar-refractivity contribution in [3.8, 4) is 0 Å². The average molecular weight is 221 g/mol. The molecule has 88 valence electrons. The van der Waals surface area contributed by atoms with E-state index in [1.807, 2.05) is 17.9 Å². The molecule has 1 saturated carbocycles. The lowest BCUT2D eigenvalue weighted by Gasteiger charge is -2.47. The van der Waals surface area contributed by atoms with Gasteiger partial charge in [-0.2, -0.15) is 5.10 Å². The van der Waals surface area contributed by atoms with Gasteiger partial charge in [-0.25, -0.2) is 0 Å². The van der Waals surface area contributed by atoms with Crippen LogP contribution in [0.1, 0.15) is 18.5 Å². The molecular weight excluding hydrogens is 202 g/mol. The summed E-state index contributed by atoms with van der Waals surface area (Å²) in [6.07, 6.45) is 5.32. The third-order valence-electron chi connectivity index (χ3n) is 3.94. The molecule has 3 rings (SSSR count). The number of likely N-dealkylation sites (tertiary alicyclic amines) is 1. The maximum absolute atomic E-state index is 10.2. The van der Waals surface area contributed by atoms with Crippen molar-refractivity contribution in [3.05, 3.63) is 18.0 Å². The second kappa shape index (κ2) is 3.57. The SMILES string of the molecule is Cn1nccc1CCN1CC(O)(C2CC2)C1. The third kappa shape index (κ3) is 1.76. The van der Waals surface area contributed by atoms with Crippen LogP contribution in [0.25, 0.3) is 0 Å². The van der Waals surface area contributed by atoms with Gasteiger partial charge >= 0.3 is 0 Å². The summed E-state index contributed by atoms with van der Waals surface area (Å²) >= 11 is 0. The molecule has 1 N–H and O–H groups in total. The van der Waals surface area contributed by atoms with E-state index in [2.05, 4.69) is 16.1 Å². The second-order valence-electron chi connectivity index (χ2n) is 5.28. The van der Waals surface area contributed by atoms with Gasteiger partial charge in [0, 0.05) is 45.0 Å². The number of rotatable bonds is 4. The number of nitrogens with zero attached hydrogens (tertiary/aromatic N) is 3. The highest BCUT2D eigenvalue weighted by Gasteiger charge is 2.51. The molecule has 2 aliphatic rings. The molecule has 2 heterocycles. The summed E-state index contributed by atoms with van der Waals surface area (Å²) in [7, 11) is 1.98. The van der Waals surface area contributed by atoms with Gasteiger partial charge in [0.1, 0.15) is 0 Å². The van der Waals surface area contributed by atoms with Crippen LogP contribution in [0.4, 0.5) is 0 Å². The zero-order chi connectivity index (χ0) is 11.2. The van der Waals surface area contributed by atoms with Gasteiger partial charge < -0.3 is 5.11 Å². The fourth-order valence-electron chi connectivity index (χ4n) is 2.68. The molecule has 2 fully saturated rings. The van der Waals surface area contributed by atoms with E-state index in [-0.39, 0.29) is 5.60 Å². The van der Waals surface area contributed by atoms with Crippen LogP contribution in [-0.4, -0.2) is 45.0 Å². The Kier molecular flexibility index (Phi) is 2.30. The zero-order valence-corrected chi connectivity index (χ0v) is 9.76. The van der Waals surface area contributed by atoms with E-state index in [4.69, 9.17) is 0 Å². The van der Waals surface area contributed by atoms with Crippen LogP contribution in [0.3, 0.4) is 0 Å². The molecule has 1 aliphatic carbocycles. The van der Waals surface area contributed by atoms with Gasteiger partial charge in [0.2, 0.25) is 0 Å². The van der Waals surface area contributed by atoms with E-state index >= 15 is 0 Å². The third-order valence-corrected chi connectivity index (χ3v) is 3.94. The summed E-state index contributed by atoms with van der Waals surface area (Å²) in [5.74, 6) is 0.598. The van der Waals surface area contributed by atoms with Crippen LogP contribution in [0.15, 0.2) is 12.3 Å². The number of aryl methyl sites for hydroxylation is 1. The summed E-state index contributed by atoms with van der Waals surface area (Å²) in [5, 5.41) is 14.3. The Labute approximate surface area is 95.9 Å². The van der Waals surface area contributed by atoms with E-state index in [1.54, 1.807) is 0 Å². The van der Waals surface area contributed by atoms with Crippen molar-refractivity contribution in [3.63, 3.8) is 0 Å². The van der Waals surface area contributed by atoms with Crippen LogP contribution in [0.2, 0.25) is 0 Å². The van der Waals surface area contributed by atoms with Crippen LogP contribution < -0.4 is 0 Å². The fourth-order valence-corrected chi connectivity index (χ4v) is 2.68. The molecular formula is C12H19N3O. The van der Waals surface area contributed by atoms with E-state index in [1.165, 1.54) is 18.5 Å². The minimum atomic E-state index is -0.341. The highest BCUT2D eigenvalue weighted by molar-refractivity contribution is 5.07. The fraction of sp³-hybridized carbons (Fsp3) is 0.750. The lowest BCUT2D eigenvalue weighted by atomic mass is 9.88. The standard InChI is InChI=1S/C12H19N3O/c1-14-11(4-6-13-14)5-7-15-8-12(16,9-15)10-2-3-10/h4,6,10,16H,2-3,5,7-9H2,1H3. The second-order valence-corrected chi connectivity index (χ2v) is 5.28. The molecule has 4 nitrogen and oxygen atoms in total. The minimum absolute atomic E-state index is 0.341. The van der Waals surface area contributed by atoms with Crippen molar-refractivity contribution in [2.24, 2.45) is 13.0 Å². The van der Waals surface area contributed by atoms with Gasteiger partial charge in [-0.3, -0.25) is 9.58 Å². The van der Waals surface area contributed by atoms with Gasteiger partial charge in [0.05, 0.1) is 5.60 Å². The van der Waals surface area contributed by atoms with Crippen LogP contribution in [0.5, 0.6) is 0 Å². The number of aromatic nitrogens is 2. The van der Waals surface area contributed by atoms with Crippen molar-refractivity contribution in [2.45, 2.75) is 24.9 Å². The monoisotopic (exact) mass is 221 g/mol. The lowest BCUT2D eigenvalue weighted by Crippen LogP contribution is -2.63. The molecule has 0 aromatic carbocycles. The number of β-amino-alcohol motifs (C(OH)–C–C–N with tert-alkyl or cyclic N) is 1. The van der Waals surface area contributed by atoms with E-state index < -0.39 is 0 Å². The van der Waals surface area contributed by atoms with Crippen molar-refractivity contribution in [1.29, 1.82) is 0 Å². The first kappa shape index (κ1) is 10.3. The predicted octanol–water partition coefficient (Wildman–Crippen LogP) is 0.419. The molecule has 0 radical (unpaired) electrons. The molecule has 1 aromatic rings. The van der Waals surface area contributed by atoms with Crippen LogP contribution in [0, 0.1) is 5.92 Å². The molecule has 0 spiro atoms. The minimum Gasteiger partial charge on any atom is -0.387 e. The molecule has 1 aliphatic heterocycles. The smallest absolute Gasteiger partial charge is 0.0928 e. The topological polar surface area (TPSA) is 41.3 Å². The molecule has 1 aromatic heterocycles. The van der Waals surface area contributed by atoms with Gasteiger partial charge in [-0.05, 0) is 24.8 Å². The maximum atomic E-state index is 10.2. The molecule has 1 saturated heterocycles. The van der Waals surface area contributed by atoms with Crippen molar-refractivity contribution < 1.29 is 5.11 Å². The Morgan fingerprint density at radius 1 is 1.50 bits per heavy atom. The maximum Gasteiger partial charge on any atom is 0.0928 e. The van der Waals surface area contributed by atoms with E-state index in [9.17, 15) is 5.11 Å².